The maximum absolute atomic E-state index is 12.0. The monoisotopic (exact) mass is 219 g/mol. The molecule has 15 heavy (non-hydrogen) atoms. The second-order valence-corrected chi connectivity index (χ2v) is 3.41. The van der Waals surface area contributed by atoms with Crippen LogP contribution < -0.4 is 5.73 Å². The van der Waals surface area contributed by atoms with Crippen LogP contribution in [-0.2, 0) is 6.42 Å². The van der Waals surface area contributed by atoms with E-state index in [1.807, 2.05) is 0 Å². The van der Waals surface area contributed by atoms with Crippen LogP contribution in [0.15, 0.2) is 24.3 Å². The Morgan fingerprint density at radius 1 is 1.27 bits per heavy atom. The van der Waals surface area contributed by atoms with Crippen molar-refractivity contribution in [3.8, 4) is 5.75 Å². The largest absolute Gasteiger partial charge is 0.508 e. The Kier molecular flexibility index (Phi) is 3.57. The number of nitrogens with two attached hydrogens (primary N) is 1. The van der Waals surface area contributed by atoms with Crippen molar-refractivity contribution in [2.24, 2.45) is 5.73 Å². The Hall–Kier alpha value is -1.23. The highest BCUT2D eigenvalue weighted by molar-refractivity contribution is 5.32. The zero-order chi connectivity index (χ0) is 11.5. The predicted molar refractivity (Wildman–Crippen MR) is 50.5 cm³/mol. The van der Waals surface area contributed by atoms with Crippen LogP contribution in [0, 0.1) is 0 Å². The number of phenols is 1. The summed E-state index contributed by atoms with van der Waals surface area (Å²) < 4.78 is 35.9. The van der Waals surface area contributed by atoms with Gasteiger partial charge in [-0.3, -0.25) is 0 Å². The van der Waals surface area contributed by atoms with Gasteiger partial charge in [0.25, 0.3) is 0 Å². The molecule has 84 valence electrons. The fourth-order valence-electron chi connectivity index (χ4n) is 1.34. The van der Waals surface area contributed by atoms with Crippen molar-refractivity contribution in [1.29, 1.82) is 0 Å². The van der Waals surface area contributed by atoms with E-state index in [1.54, 1.807) is 18.2 Å². The molecule has 0 heterocycles. The molecule has 0 aliphatic heterocycles. The van der Waals surface area contributed by atoms with E-state index in [0.29, 0.717) is 5.56 Å². The van der Waals surface area contributed by atoms with Crippen LogP contribution in [0.2, 0.25) is 0 Å². The highest BCUT2D eigenvalue weighted by Crippen LogP contribution is 2.24. The molecule has 1 atom stereocenters. The third-order valence-electron chi connectivity index (χ3n) is 1.97. The molecule has 0 saturated heterocycles. The topological polar surface area (TPSA) is 46.2 Å². The molecule has 0 saturated carbocycles. The van der Waals surface area contributed by atoms with Crippen LogP contribution >= 0.6 is 0 Å². The molecular formula is C10H12F3NO. The van der Waals surface area contributed by atoms with Crippen LogP contribution in [0.3, 0.4) is 0 Å². The third kappa shape index (κ3) is 4.20. The van der Waals surface area contributed by atoms with Crippen LogP contribution in [0.25, 0.3) is 0 Å². The summed E-state index contributed by atoms with van der Waals surface area (Å²) in [5.41, 5.74) is 5.77. The smallest absolute Gasteiger partial charge is 0.390 e. The first-order valence-corrected chi connectivity index (χ1v) is 4.47. The standard InChI is InChI=1S/C10H12F3NO/c11-10(12,13)6-8(14)5-7-3-1-2-4-9(7)15/h1-4,8,15H,5-6,14H2. The van der Waals surface area contributed by atoms with Crippen LogP contribution in [-0.4, -0.2) is 17.3 Å². The summed E-state index contributed by atoms with van der Waals surface area (Å²) in [7, 11) is 0. The first kappa shape index (κ1) is 11.8. The van der Waals surface area contributed by atoms with Gasteiger partial charge < -0.3 is 10.8 Å². The quantitative estimate of drug-likeness (QED) is 0.818. The minimum atomic E-state index is -4.26. The Morgan fingerprint density at radius 2 is 1.87 bits per heavy atom. The van der Waals surface area contributed by atoms with E-state index < -0.39 is 18.6 Å². The zero-order valence-corrected chi connectivity index (χ0v) is 7.96. The summed E-state index contributed by atoms with van der Waals surface area (Å²) in [6.07, 6.45) is -5.28. The lowest BCUT2D eigenvalue weighted by Crippen LogP contribution is -2.29. The van der Waals surface area contributed by atoms with Crippen LogP contribution in [0.5, 0.6) is 5.75 Å². The van der Waals surface area contributed by atoms with Gasteiger partial charge in [-0.1, -0.05) is 18.2 Å². The molecule has 1 aromatic carbocycles. The first-order valence-electron chi connectivity index (χ1n) is 4.47. The molecule has 0 spiro atoms. The molecule has 1 aromatic rings. The number of hydrogen-bond acceptors (Lipinski definition) is 2. The van der Waals surface area contributed by atoms with Gasteiger partial charge >= 0.3 is 6.18 Å². The number of phenolic OH excluding ortho intramolecular Hbond substituents is 1. The molecule has 0 amide bonds. The molecule has 0 aromatic heterocycles. The van der Waals surface area contributed by atoms with Crippen molar-refractivity contribution >= 4 is 0 Å². The van der Waals surface area contributed by atoms with Crippen molar-refractivity contribution in [3.05, 3.63) is 29.8 Å². The Labute approximate surface area is 85.5 Å². The second-order valence-electron chi connectivity index (χ2n) is 3.41. The molecule has 5 heteroatoms. The van der Waals surface area contributed by atoms with Crippen molar-refractivity contribution < 1.29 is 18.3 Å². The number of halogens is 3. The van der Waals surface area contributed by atoms with E-state index >= 15 is 0 Å². The molecule has 2 nitrogen and oxygen atoms in total. The van der Waals surface area contributed by atoms with Gasteiger partial charge in [-0.25, -0.2) is 0 Å². The summed E-state index contributed by atoms with van der Waals surface area (Å²) in [4.78, 5) is 0. The van der Waals surface area contributed by atoms with Crippen LogP contribution in [0.1, 0.15) is 12.0 Å². The number of benzene rings is 1. The first-order chi connectivity index (χ1) is 6.88. The van der Waals surface area contributed by atoms with Crippen molar-refractivity contribution in [3.63, 3.8) is 0 Å². The minimum Gasteiger partial charge on any atom is -0.508 e. The van der Waals surface area contributed by atoms with Crippen LogP contribution in [0.4, 0.5) is 13.2 Å². The maximum Gasteiger partial charge on any atom is 0.390 e. The number of rotatable bonds is 3. The van der Waals surface area contributed by atoms with Gasteiger partial charge in [-0.15, -0.1) is 0 Å². The third-order valence-corrected chi connectivity index (χ3v) is 1.97. The van der Waals surface area contributed by atoms with Crippen molar-refractivity contribution in [2.75, 3.05) is 0 Å². The highest BCUT2D eigenvalue weighted by atomic mass is 19.4. The highest BCUT2D eigenvalue weighted by Gasteiger charge is 2.30. The number of aromatic hydroxyl groups is 1. The normalized spacial score (nSPS) is 13.9. The summed E-state index contributed by atoms with van der Waals surface area (Å²) in [6.45, 7) is 0. The van der Waals surface area contributed by atoms with Crippen molar-refractivity contribution in [1.82, 2.24) is 0 Å². The lowest BCUT2D eigenvalue weighted by atomic mass is 10.0. The van der Waals surface area contributed by atoms with E-state index in [0.717, 1.165) is 0 Å². The molecular weight excluding hydrogens is 207 g/mol. The molecule has 3 N–H and O–H groups in total. The zero-order valence-electron chi connectivity index (χ0n) is 7.96. The molecule has 1 rings (SSSR count). The van der Waals surface area contributed by atoms with Gasteiger partial charge in [-0.05, 0) is 18.1 Å². The van der Waals surface area contributed by atoms with Gasteiger partial charge in [0.1, 0.15) is 5.75 Å². The Morgan fingerprint density at radius 3 is 2.40 bits per heavy atom. The molecule has 0 aliphatic rings. The lowest BCUT2D eigenvalue weighted by Gasteiger charge is -2.14. The fraction of sp³-hybridized carbons (Fsp3) is 0.400. The minimum absolute atomic E-state index is 0.0184. The van der Waals surface area contributed by atoms with E-state index in [4.69, 9.17) is 5.73 Å². The summed E-state index contributed by atoms with van der Waals surface area (Å²) >= 11 is 0. The van der Waals surface area contributed by atoms with E-state index in [-0.39, 0.29) is 12.2 Å². The summed E-state index contributed by atoms with van der Waals surface area (Å²) in [5, 5.41) is 9.32. The van der Waals surface area contributed by atoms with Gasteiger partial charge in [0.05, 0.1) is 6.42 Å². The number of alkyl halides is 3. The van der Waals surface area contributed by atoms with E-state index in [1.165, 1.54) is 6.07 Å². The summed E-state index contributed by atoms with van der Waals surface area (Å²) in [6, 6.07) is 5.23. The van der Waals surface area contributed by atoms with E-state index in [9.17, 15) is 18.3 Å². The molecule has 1 unspecified atom stereocenters. The molecule has 0 radical (unpaired) electrons. The average molecular weight is 219 g/mol. The molecule has 0 bridgehead atoms. The number of para-hydroxylation sites is 1. The van der Waals surface area contributed by atoms with Gasteiger partial charge in [0.15, 0.2) is 0 Å². The number of hydrogen-bond donors (Lipinski definition) is 2. The lowest BCUT2D eigenvalue weighted by molar-refractivity contribution is -0.138. The SMILES string of the molecule is NC(Cc1ccccc1O)CC(F)(F)F. The maximum atomic E-state index is 12.0. The molecule has 0 fully saturated rings. The van der Waals surface area contributed by atoms with E-state index in [2.05, 4.69) is 0 Å². The average Bonchev–Trinajstić information content (AvgIpc) is 2.05. The second kappa shape index (κ2) is 4.53. The van der Waals surface area contributed by atoms with Gasteiger partial charge in [-0.2, -0.15) is 13.2 Å². The Bertz CT molecular complexity index is 325. The molecule has 0 aliphatic carbocycles. The Balaban J connectivity index is 2.59. The summed E-state index contributed by atoms with van der Waals surface area (Å²) in [5.74, 6) is -0.0184. The predicted octanol–water partition coefficient (Wildman–Crippen LogP) is 2.21. The van der Waals surface area contributed by atoms with Crippen molar-refractivity contribution in [2.45, 2.75) is 25.1 Å². The fourth-order valence-corrected chi connectivity index (χ4v) is 1.34. The van der Waals surface area contributed by atoms with Gasteiger partial charge in [0.2, 0.25) is 0 Å². The van der Waals surface area contributed by atoms with Gasteiger partial charge in [0, 0.05) is 6.04 Å².